The van der Waals surface area contributed by atoms with Gasteiger partial charge in [0.2, 0.25) is 0 Å². The molecule has 0 radical (unpaired) electrons. The molecule has 0 amide bonds. The molecule has 0 unspecified atom stereocenters. The Morgan fingerprint density at radius 2 is 1.54 bits per heavy atom. The van der Waals surface area contributed by atoms with Crippen molar-refractivity contribution >= 4 is 22.8 Å². The Hall–Kier alpha value is -4.40. The van der Waals surface area contributed by atoms with Crippen molar-refractivity contribution in [1.29, 1.82) is 0 Å². The predicted octanol–water partition coefficient (Wildman–Crippen LogP) is 6.20. The Bertz CT molecular complexity index is 1680. The lowest BCUT2D eigenvalue weighted by Crippen LogP contribution is -2.17. The second-order valence-electron chi connectivity index (χ2n) is 9.12. The summed E-state index contributed by atoms with van der Waals surface area (Å²) in [6, 6.07) is 31.1. The van der Waals surface area contributed by atoms with Crippen LogP contribution in [0.1, 0.15) is 11.4 Å². The molecule has 7 nitrogen and oxygen atoms in total. The zero-order chi connectivity index (χ0) is 26.4. The van der Waals surface area contributed by atoms with Gasteiger partial charge in [0.25, 0.3) is 0 Å². The summed E-state index contributed by atoms with van der Waals surface area (Å²) in [7, 11) is 0. The molecule has 0 saturated heterocycles. The molecule has 6 rings (SSSR count). The minimum atomic E-state index is 0.706. The highest BCUT2D eigenvalue weighted by molar-refractivity contribution is 7.98. The molecular formula is C31H27N7S. The molecule has 0 saturated carbocycles. The maximum absolute atomic E-state index is 5.00. The maximum Gasteiger partial charge on any atom is 0.189 e. The zero-order valence-electron chi connectivity index (χ0n) is 21.5. The number of H-pyrrole nitrogens is 1. The van der Waals surface area contributed by atoms with Crippen molar-refractivity contribution in [3.05, 3.63) is 109 Å². The number of rotatable bonds is 9. The summed E-state index contributed by atoms with van der Waals surface area (Å²) in [5.41, 5.74) is 7.08. The van der Waals surface area contributed by atoms with Crippen LogP contribution in [0, 0.1) is 0 Å². The first-order chi connectivity index (χ1) is 19.3. The van der Waals surface area contributed by atoms with Crippen LogP contribution in [0.5, 0.6) is 0 Å². The van der Waals surface area contributed by atoms with Gasteiger partial charge in [0.15, 0.2) is 16.6 Å². The van der Waals surface area contributed by atoms with Gasteiger partial charge in [-0.05, 0) is 23.4 Å². The molecule has 0 aliphatic carbocycles. The van der Waals surface area contributed by atoms with Gasteiger partial charge >= 0.3 is 0 Å². The summed E-state index contributed by atoms with van der Waals surface area (Å²) in [6.07, 6.45) is 4.60. The van der Waals surface area contributed by atoms with Gasteiger partial charge < -0.3 is 5.32 Å². The van der Waals surface area contributed by atoms with Crippen molar-refractivity contribution < 1.29 is 0 Å². The molecule has 3 aromatic heterocycles. The van der Waals surface area contributed by atoms with Gasteiger partial charge in [-0.25, -0.2) is 19.9 Å². The molecule has 0 aliphatic rings. The fourth-order valence-electron chi connectivity index (χ4n) is 4.45. The monoisotopic (exact) mass is 529 g/mol. The topological polar surface area (TPSA) is 92.3 Å². The summed E-state index contributed by atoms with van der Waals surface area (Å²) in [5.74, 6) is 1.61. The first-order valence-electron chi connectivity index (χ1n) is 12.8. The Balaban J connectivity index is 1.16. The molecule has 3 aromatic carbocycles. The number of aromatic nitrogens is 6. The van der Waals surface area contributed by atoms with Gasteiger partial charge in [-0.3, -0.25) is 5.10 Å². The van der Waals surface area contributed by atoms with Gasteiger partial charge in [-0.15, -0.1) is 0 Å². The van der Waals surface area contributed by atoms with Crippen LogP contribution in [-0.4, -0.2) is 42.9 Å². The lowest BCUT2D eigenvalue weighted by molar-refractivity contribution is 0.672. The molecule has 6 aromatic rings. The summed E-state index contributed by atoms with van der Waals surface area (Å²) in [5, 5.41) is 12.5. The Morgan fingerprint density at radius 3 is 2.28 bits per heavy atom. The Kier molecular flexibility index (Phi) is 7.38. The van der Waals surface area contributed by atoms with Crippen LogP contribution in [-0.2, 0) is 13.0 Å². The van der Waals surface area contributed by atoms with E-state index >= 15 is 0 Å². The Morgan fingerprint density at radius 1 is 0.795 bits per heavy atom. The molecule has 0 aliphatic heterocycles. The van der Waals surface area contributed by atoms with Gasteiger partial charge in [0.1, 0.15) is 5.82 Å². The van der Waals surface area contributed by atoms with E-state index in [9.17, 15) is 0 Å². The van der Waals surface area contributed by atoms with E-state index in [1.165, 1.54) is 17.3 Å². The number of aromatic amines is 1. The molecular weight excluding hydrogens is 502 g/mol. The van der Waals surface area contributed by atoms with Crippen LogP contribution in [0.2, 0.25) is 0 Å². The van der Waals surface area contributed by atoms with E-state index in [0.29, 0.717) is 5.65 Å². The number of pyridine rings is 1. The van der Waals surface area contributed by atoms with Crippen molar-refractivity contribution in [2.45, 2.75) is 18.1 Å². The molecule has 0 spiro atoms. The van der Waals surface area contributed by atoms with Crippen LogP contribution in [0.3, 0.4) is 0 Å². The number of nitrogens with one attached hydrogen (secondary N) is 2. The highest BCUT2D eigenvalue weighted by Gasteiger charge is 2.13. The van der Waals surface area contributed by atoms with Gasteiger partial charge in [-0.1, -0.05) is 96.7 Å². The second-order valence-corrected chi connectivity index (χ2v) is 9.89. The summed E-state index contributed by atoms with van der Waals surface area (Å²) in [4.78, 5) is 18.7. The molecule has 3 heterocycles. The van der Waals surface area contributed by atoms with Crippen LogP contribution in [0.25, 0.3) is 44.8 Å². The lowest BCUT2D eigenvalue weighted by atomic mass is 9.98. The molecule has 0 atom stereocenters. The number of nitrogens with zero attached hydrogens (tertiary/aromatic N) is 5. The minimum Gasteiger partial charge on any atom is -0.312 e. The van der Waals surface area contributed by atoms with E-state index in [4.69, 9.17) is 4.98 Å². The first-order valence-corrected chi connectivity index (χ1v) is 14.0. The second kappa shape index (κ2) is 11.6. The van der Waals surface area contributed by atoms with Gasteiger partial charge in [0, 0.05) is 47.8 Å². The summed E-state index contributed by atoms with van der Waals surface area (Å²) >= 11 is 1.52. The van der Waals surface area contributed by atoms with Crippen molar-refractivity contribution in [3.63, 3.8) is 0 Å². The smallest absolute Gasteiger partial charge is 0.189 e. The third-order valence-corrected chi connectivity index (χ3v) is 7.03. The van der Waals surface area contributed by atoms with Gasteiger partial charge in [-0.2, -0.15) is 5.10 Å². The van der Waals surface area contributed by atoms with Gasteiger partial charge in [0.05, 0.1) is 5.69 Å². The maximum atomic E-state index is 5.00. The number of benzene rings is 3. The summed E-state index contributed by atoms with van der Waals surface area (Å²) < 4.78 is 0. The zero-order valence-corrected chi connectivity index (χ0v) is 22.3. The SMILES string of the molecule is CSc1ncc2cc(-c3ccccc3)c(-c3ccc(CNCCc4nc(-c5ccccc5)n[nH]4)cc3)nc2n1. The van der Waals surface area contributed by atoms with Crippen molar-refractivity contribution in [3.8, 4) is 33.8 Å². The fourth-order valence-corrected chi connectivity index (χ4v) is 4.78. The predicted molar refractivity (Wildman–Crippen MR) is 157 cm³/mol. The van der Waals surface area contributed by atoms with Crippen LogP contribution in [0.4, 0.5) is 0 Å². The van der Waals surface area contributed by atoms with E-state index in [0.717, 1.165) is 69.6 Å². The molecule has 0 fully saturated rings. The number of thioether (sulfide) groups is 1. The highest BCUT2D eigenvalue weighted by Crippen LogP contribution is 2.33. The Labute approximate surface area is 231 Å². The molecule has 2 N–H and O–H groups in total. The minimum absolute atomic E-state index is 0.706. The fraction of sp³-hybridized carbons (Fsp3) is 0.129. The van der Waals surface area contributed by atoms with Crippen LogP contribution in [0.15, 0.2) is 102 Å². The first kappa shape index (κ1) is 24.9. The van der Waals surface area contributed by atoms with E-state index in [1.807, 2.05) is 61.0 Å². The third kappa shape index (κ3) is 5.72. The normalized spacial score (nSPS) is 11.2. The lowest BCUT2D eigenvalue weighted by Gasteiger charge is -2.12. The van der Waals surface area contributed by atoms with Crippen molar-refractivity contribution in [2.75, 3.05) is 12.8 Å². The third-order valence-electron chi connectivity index (χ3n) is 6.47. The largest absolute Gasteiger partial charge is 0.312 e. The van der Waals surface area contributed by atoms with Crippen molar-refractivity contribution in [1.82, 2.24) is 35.5 Å². The number of hydrogen-bond acceptors (Lipinski definition) is 7. The molecule has 0 bridgehead atoms. The van der Waals surface area contributed by atoms with Crippen molar-refractivity contribution in [2.24, 2.45) is 0 Å². The quantitative estimate of drug-likeness (QED) is 0.131. The van der Waals surface area contributed by atoms with Crippen LogP contribution < -0.4 is 5.32 Å². The van der Waals surface area contributed by atoms with E-state index in [1.54, 1.807) is 0 Å². The van der Waals surface area contributed by atoms with E-state index in [2.05, 4.69) is 72.9 Å². The highest BCUT2D eigenvalue weighted by atomic mass is 32.2. The van der Waals surface area contributed by atoms with E-state index < -0.39 is 0 Å². The number of hydrogen-bond donors (Lipinski definition) is 2. The molecule has 192 valence electrons. The standard InChI is InChI=1S/C31H27N7S/c1-39-31-33-20-25-18-26(22-8-4-2-5-9-22)28(35-29(25)36-31)23-14-12-21(13-15-23)19-32-17-16-27-34-30(38-37-27)24-10-6-3-7-11-24/h2-15,18,20,32H,16-17,19H2,1H3,(H,34,37,38). The average molecular weight is 530 g/mol. The van der Waals surface area contributed by atoms with Crippen LogP contribution >= 0.6 is 11.8 Å². The van der Waals surface area contributed by atoms with E-state index in [-0.39, 0.29) is 0 Å². The average Bonchev–Trinajstić information content (AvgIpc) is 3.49. The molecule has 8 heteroatoms. The number of fused-ring (bicyclic) bond motifs is 1. The summed E-state index contributed by atoms with van der Waals surface area (Å²) in [6.45, 7) is 1.56. The molecule has 39 heavy (non-hydrogen) atoms.